The van der Waals surface area contributed by atoms with E-state index < -0.39 is 34.3 Å². The first-order valence-electron chi connectivity index (χ1n) is 14.6. The van der Waals surface area contributed by atoms with E-state index in [0.29, 0.717) is 6.42 Å². The molecule has 9 heteroatoms. The SMILES string of the molecule is CC[C@@H](C)NC(=O)[C@H](Cc1ccccc1)N(Cc1cccc(C)c1)C(=O)CN(c1ccccc1)S(=O)(=O)c1ccc(F)cc1. The molecule has 0 bridgehead atoms. The van der Waals surface area contributed by atoms with Crippen molar-refractivity contribution >= 4 is 27.5 Å². The Labute approximate surface area is 259 Å². The van der Waals surface area contributed by atoms with Crippen LogP contribution in [0.1, 0.15) is 37.0 Å². The first kappa shape index (κ1) is 32.4. The van der Waals surface area contributed by atoms with Gasteiger partial charge >= 0.3 is 0 Å². The van der Waals surface area contributed by atoms with Gasteiger partial charge in [-0.2, -0.15) is 0 Å². The average Bonchev–Trinajstić information content (AvgIpc) is 3.02. The molecule has 2 atom stereocenters. The lowest BCUT2D eigenvalue weighted by molar-refractivity contribution is -0.140. The van der Waals surface area contributed by atoms with Crippen molar-refractivity contribution in [2.45, 2.75) is 57.1 Å². The number of hydrogen-bond donors (Lipinski definition) is 1. The molecule has 0 heterocycles. The van der Waals surface area contributed by atoms with Crippen LogP contribution in [0.25, 0.3) is 0 Å². The smallest absolute Gasteiger partial charge is 0.264 e. The number of sulfonamides is 1. The first-order chi connectivity index (χ1) is 21.1. The Morgan fingerprint density at radius 3 is 2.07 bits per heavy atom. The second kappa shape index (κ2) is 14.8. The summed E-state index contributed by atoms with van der Waals surface area (Å²) in [6.07, 6.45) is 0.935. The Bertz CT molecular complexity index is 1650. The first-order valence-corrected chi connectivity index (χ1v) is 16.0. The highest BCUT2D eigenvalue weighted by molar-refractivity contribution is 7.92. The number of nitrogens with zero attached hydrogens (tertiary/aromatic N) is 2. The molecular weight excluding hydrogens is 577 g/mol. The Balaban J connectivity index is 1.79. The van der Waals surface area contributed by atoms with Gasteiger partial charge in [0.25, 0.3) is 10.0 Å². The molecule has 4 aromatic carbocycles. The average molecular weight is 616 g/mol. The molecule has 7 nitrogen and oxygen atoms in total. The number of benzene rings is 4. The van der Waals surface area contributed by atoms with Crippen LogP contribution in [0.5, 0.6) is 0 Å². The van der Waals surface area contributed by atoms with Crippen LogP contribution in [0, 0.1) is 12.7 Å². The lowest BCUT2D eigenvalue weighted by Crippen LogP contribution is -2.54. The van der Waals surface area contributed by atoms with Crippen molar-refractivity contribution in [1.29, 1.82) is 0 Å². The molecule has 0 aliphatic rings. The third kappa shape index (κ3) is 8.32. The molecule has 4 rings (SSSR count). The molecule has 44 heavy (non-hydrogen) atoms. The summed E-state index contributed by atoms with van der Waals surface area (Å²) in [5.41, 5.74) is 2.92. The van der Waals surface area contributed by atoms with Crippen molar-refractivity contribution < 1.29 is 22.4 Å². The zero-order valence-corrected chi connectivity index (χ0v) is 26.0. The highest BCUT2D eigenvalue weighted by atomic mass is 32.2. The fraction of sp³-hybridized carbons (Fsp3) is 0.257. The van der Waals surface area contributed by atoms with Crippen molar-refractivity contribution in [3.05, 3.63) is 132 Å². The van der Waals surface area contributed by atoms with E-state index >= 15 is 0 Å². The van der Waals surface area contributed by atoms with Crippen molar-refractivity contribution in [3.8, 4) is 0 Å². The van der Waals surface area contributed by atoms with Crippen LogP contribution in [0.2, 0.25) is 0 Å². The number of nitrogens with one attached hydrogen (secondary N) is 1. The maximum atomic E-state index is 14.4. The van der Waals surface area contributed by atoms with Gasteiger partial charge in [-0.3, -0.25) is 13.9 Å². The number of aryl methyl sites for hydroxylation is 1. The summed E-state index contributed by atoms with van der Waals surface area (Å²) in [7, 11) is -4.29. The maximum Gasteiger partial charge on any atom is 0.264 e. The van der Waals surface area contributed by atoms with Gasteiger partial charge in [0.05, 0.1) is 10.6 Å². The van der Waals surface area contributed by atoms with Crippen LogP contribution in [-0.4, -0.2) is 43.8 Å². The summed E-state index contributed by atoms with van der Waals surface area (Å²) in [6.45, 7) is 5.32. The number of carbonyl (C=O) groups excluding carboxylic acids is 2. The van der Waals surface area contributed by atoms with Gasteiger partial charge in [0.1, 0.15) is 18.4 Å². The molecule has 0 radical (unpaired) electrons. The fourth-order valence-electron chi connectivity index (χ4n) is 4.86. The number of hydrogen-bond acceptors (Lipinski definition) is 4. The molecule has 0 aliphatic heterocycles. The molecule has 0 unspecified atom stereocenters. The van der Waals surface area contributed by atoms with Gasteiger partial charge in [-0.15, -0.1) is 0 Å². The number of halogens is 1. The summed E-state index contributed by atoms with van der Waals surface area (Å²) in [6, 6.07) is 28.8. The number of para-hydroxylation sites is 1. The molecule has 0 aromatic heterocycles. The molecule has 0 saturated heterocycles. The Morgan fingerprint density at radius 1 is 0.841 bits per heavy atom. The lowest BCUT2D eigenvalue weighted by Gasteiger charge is -2.34. The Morgan fingerprint density at radius 2 is 1.45 bits per heavy atom. The van der Waals surface area contributed by atoms with Crippen molar-refractivity contribution in [2.24, 2.45) is 0 Å². The quantitative estimate of drug-likeness (QED) is 0.203. The molecule has 4 aromatic rings. The van der Waals surface area contributed by atoms with E-state index in [-0.39, 0.29) is 35.5 Å². The van der Waals surface area contributed by atoms with Crippen LogP contribution < -0.4 is 9.62 Å². The second-order valence-corrected chi connectivity index (χ2v) is 12.7. The van der Waals surface area contributed by atoms with Gasteiger partial charge in [0.2, 0.25) is 11.8 Å². The van der Waals surface area contributed by atoms with Gasteiger partial charge in [0.15, 0.2) is 0 Å². The molecule has 0 spiro atoms. The molecule has 0 aliphatic carbocycles. The normalized spacial score (nSPS) is 12.6. The topological polar surface area (TPSA) is 86.8 Å². The molecule has 2 amide bonds. The molecular formula is C35H38FN3O4S. The highest BCUT2D eigenvalue weighted by Crippen LogP contribution is 2.25. The van der Waals surface area contributed by atoms with Crippen molar-refractivity contribution in [3.63, 3.8) is 0 Å². The standard InChI is InChI=1S/C35H38FN3O4S/c1-4-27(3)37-35(41)33(23-28-13-7-5-8-14-28)38(24-29-15-11-12-26(2)22-29)34(40)25-39(31-16-9-6-10-17-31)44(42,43)32-20-18-30(36)19-21-32/h5-22,27,33H,4,23-25H2,1-3H3,(H,37,41)/t27-,33+/m1/s1. The third-order valence-corrected chi connectivity index (χ3v) is 9.22. The van der Waals surface area contributed by atoms with E-state index in [2.05, 4.69) is 5.32 Å². The minimum Gasteiger partial charge on any atom is -0.352 e. The van der Waals surface area contributed by atoms with E-state index in [1.807, 2.05) is 75.4 Å². The van der Waals surface area contributed by atoms with Gasteiger partial charge in [-0.1, -0.05) is 85.3 Å². The summed E-state index contributed by atoms with van der Waals surface area (Å²) in [5.74, 6) is -1.45. The van der Waals surface area contributed by atoms with E-state index in [9.17, 15) is 22.4 Å². The van der Waals surface area contributed by atoms with Crippen LogP contribution in [0.15, 0.2) is 114 Å². The number of amides is 2. The van der Waals surface area contributed by atoms with E-state index in [0.717, 1.165) is 33.1 Å². The minimum atomic E-state index is -4.29. The Kier molecular flexibility index (Phi) is 10.9. The number of anilines is 1. The van der Waals surface area contributed by atoms with Gasteiger partial charge in [-0.25, -0.2) is 12.8 Å². The van der Waals surface area contributed by atoms with Gasteiger partial charge < -0.3 is 10.2 Å². The monoisotopic (exact) mass is 615 g/mol. The van der Waals surface area contributed by atoms with Crippen LogP contribution in [0.4, 0.5) is 10.1 Å². The van der Waals surface area contributed by atoms with E-state index in [1.165, 1.54) is 17.0 Å². The second-order valence-electron chi connectivity index (χ2n) is 10.8. The summed E-state index contributed by atoms with van der Waals surface area (Å²) < 4.78 is 42.6. The highest BCUT2D eigenvalue weighted by Gasteiger charge is 2.35. The number of rotatable bonds is 13. The molecule has 0 fully saturated rings. The number of carbonyl (C=O) groups is 2. The van der Waals surface area contributed by atoms with Crippen molar-refractivity contribution in [1.82, 2.24) is 10.2 Å². The predicted octanol–water partition coefficient (Wildman–Crippen LogP) is 5.88. The molecule has 0 saturated carbocycles. The zero-order chi connectivity index (χ0) is 31.7. The van der Waals surface area contributed by atoms with Gasteiger partial charge in [0, 0.05) is 19.0 Å². The lowest BCUT2D eigenvalue weighted by atomic mass is 10.0. The third-order valence-electron chi connectivity index (χ3n) is 7.43. The fourth-order valence-corrected chi connectivity index (χ4v) is 6.27. The van der Waals surface area contributed by atoms with Crippen molar-refractivity contribution in [2.75, 3.05) is 10.8 Å². The largest absolute Gasteiger partial charge is 0.352 e. The Hall–Kier alpha value is -4.50. The molecule has 1 N–H and O–H groups in total. The van der Waals surface area contributed by atoms with Crippen LogP contribution in [0.3, 0.4) is 0 Å². The maximum absolute atomic E-state index is 14.4. The summed E-state index contributed by atoms with van der Waals surface area (Å²) in [4.78, 5) is 29.6. The summed E-state index contributed by atoms with van der Waals surface area (Å²) in [5, 5.41) is 3.03. The van der Waals surface area contributed by atoms with E-state index in [4.69, 9.17) is 0 Å². The van der Waals surface area contributed by atoms with E-state index in [1.54, 1.807) is 30.3 Å². The summed E-state index contributed by atoms with van der Waals surface area (Å²) >= 11 is 0. The minimum absolute atomic E-state index is 0.0885. The van der Waals surface area contributed by atoms with Crippen LogP contribution >= 0.6 is 0 Å². The molecule has 230 valence electrons. The predicted molar refractivity (Wildman–Crippen MR) is 171 cm³/mol. The zero-order valence-electron chi connectivity index (χ0n) is 25.2. The van der Waals surface area contributed by atoms with Gasteiger partial charge in [-0.05, 0) is 67.8 Å². The van der Waals surface area contributed by atoms with Crippen LogP contribution in [-0.2, 0) is 32.6 Å².